The molecule has 1 aromatic heterocycles. The highest BCUT2D eigenvalue weighted by atomic mass is 35.5. The number of nitrogens with zero attached hydrogens (tertiary/aromatic N) is 1. The molecule has 2 amide bonds. The van der Waals surface area contributed by atoms with E-state index in [2.05, 4.69) is 24.1 Å². The van der Waals surface area contributed by atoms with Gasteiger partial charge in [-0.2, -0.15) is 0 Å². The van der Waals surface area contributed by atoms with Gasteiger partial charge >= 0.3 is 0 Å². The summed E-state index contributed by atoms with van der Waals surface area (Å²) in [6.07, 6.45) is 0.737. The third-order valence-electron chi connectivity index (χ3n) is 4.41. The van der Waals surface area contributed by atoms with Gasteiger partial charge < -0.3 is 11.1 Å². The third kappa shape index (κ3) is 3.88. The van der Waals surface area contributed by atoms with Crippen LogP contribution in [0.1, 0.15) is 45.0 Å². The second-order valence-corrected chi connectivity index (χ2v) is 8.48. The highest BCUT2D eigenvalue weighted by Gasteiger charge is 2.28. The highest BCUT2D eigenvalue weighted by Crippen LogP contribution is 2.37. The van der Waals surface area contributed by atoms with Gasteiger partial charge in [-0.1, -0.05) is 23.2 Å². The van der Waals surface area contributed by atoms with Gasteiger partial charge in [0, 0.05) is 39.6 Å². The fourth-order valence-corrected chi connectivity index (χ4v) is 4.87. The Kier molecular flexibility index (Phi) is 5.58. The Morgan fingerprint density at radius 2 is 1.88 bits per heavy atom. The molecule has 138 valence electrons. The zero-order valence-corrected chi connectivity index (χ0v) is 16.8. The lowest BCUT2D eigenvalue weighted by Crippen LogP contribution is -2.35. The van der Waals surface area contributed by atoms with Gasteiger partial charge in [0.15, 0.2) is 0 Å². The number of benzene rings is 1. The average molecular weight is 412 g/mol. The van der Waals surface area contributed by atoms with Crippen LogP contribution in [0, 0.1) is 0 Å². The molecule has 0 saturated carbocycles. The van der Waals surface area contributed by atoms with Crippen molar-refractivity contribution in [2.24, 2.45) is 5.73 Å². The Hall–Kier alpha value is -1.60. The summed E-state index contributed by atoms with van der Waals surface area (Å²) in [6, 6.07) is 5.02. The normalized spacial score (nSPS) is 14.3. The topological polar surface area (TPSA) is 75.4 Å². The van der Waals surface area contributed by atoms with Crippen molar-refractivity contribution in [3.8, 4) is 0 Å². The van der Waals surface area contributed by atoms with Gasteiger partial charge in [0.2, 0.25) is 0 Å². The lowest BCUT2D eigenvalue weighted by Gasteiger charge is -2.30. The molecule has 0 bridgehead atoms. The molecule has 2 heterocycles. The number of hydrogen-bond donors (Lipinski definition) is 2. The van der Waals surface area contributed by atoms with Crippen LogP contribution in [0.3, 0.4) is 0 Å². The monoisotopic (exact) mass is 411 g/mol. The van der Waals surface area contributed by atoms with Crippen molar-refractivity contribution in [2.45, 2.75) is 32.9 Å². The molecule has 3 rings (SSSR count). The van der Waals surface area contributed by atoms with E-state index in [4.69, 9.17) is 28.9 Å². The predicted molar refractivity (Wildman–Crippen MR) is 107 cm³/mol. The summed E-state index contributed by atoms with van der Waals surface area (Å²) in [5.41, 5.74) is 7.28. The van der Waals surface area contributed by atoms with E-state index in [0.717, 1.165) is 30.0 Å². The van der Waals surface area contributed by atoms with E-state index < -0.39 is 5.91 Å². The van der Waals surface area contributed by atoms with Crippen LogP contribution >= 0.6 is 34.5 Å². The maximum Gasteiger partial charge on any atom is 0.256 e. The lowest BCUT2D eigenvalue weighted by molar-refractivity contribution is 0.0999. The maximum atomic E-state index is 12.6. The molecule has 0 saturated heterocycles. The van der Waals surface area contributed by atoms with Crippen LogP contribution in [0.25, 0.3) is 0 Å². The van der Waals surface area contributed by atoms with Crippen molar-refractivity contribution in [3.05, 3.63) is 49.8 Å². The first-order valence-corrected chi connectivity index (χ1v) is 9.79. The van der Waals surface area contributed by atoms with Gasteiger partial charge in [0.25, 0.3) is 11.8 Å². The van der Waals surface area contributed by atoms with Gasteiger partial charge in [0.1, 0.15) is 5.00 Å². The number of rotatable bonds is 4. The van der Waals surface area contributed by atoms with Crippen LogP contribution in [0.15, 0.2) is 18.2 Å². The van der Waals surface area contributed by atoms with Gasteiger partial charge in [-0.3, -0.25) is 14.5 Å². The van der Waals surface area contributed by atoms with Crippen LogP contribution in [0.5, 0.6) is 0 Å². The number of carbonyl (C=O) groups excluding carboxylic acids is 2. The Morgan fingerprint density at radius 1 is 1.23 bits per heavy atom. The molecule has 0 spiro atoms. The number of amides is 2. The van der Waals surface area contributed by atoms with Crippen LogP contribution in [0.4, 0.5) is 5.00 Å². The molecule has 1 aliphatic heterocycles. The number of nitrogens with one attached hydrogen (secondary N) is 1. The summed E-state index contributed by atoms with van der Waals surface area (Å²) < 4.78 is 0. The molecule has 0 atom stereocenters. The molecule has 26 heavy (non-hydrogen) atoms. The molecule has 0 aliphatic carbocycles. The average Bonchev–Trinajstić information content (AvgIpc) is 2.90. The van der Waals surface area contributed by atoms with E-state index in [0.29, 0.717) is 32.2 Å². The number of primary amides is 1. The second kappa shape index (κ2) is 7.56. The summed E-state index contributed by atoms with van der Waals surface area (Å²) in [5.74, 6) is -0.906. The number of thiophene rings is 1. The van der Waals surface area contributed by atoms with Crippen molar-refractivity contribution in [2.75, 3.05) is 11.9 Å². The minimum absolute atomic E-state index is 0.327. The maximum absolute atomic E-state index is 12.6. The first-order valence-electron chi connectivity index (χ1n) is 8.22. The predicted octanol–water partition coefficient (Wildman–Crippen LogP) is 4.17. The largest absolute Gasteiger partial charge is 0.365 e. The SMILES string of the molecule is CC(C)N1CCc2c(sc(NC(=O)c3cc(Cl)cc(Cl)c3)c2C(N)=O)C1. The van der Waals surface area contributed by atoms with Crippen LogP contribution in [-0.2, 0) is 13.0 Å². The Morgan fingerprint density at radius 3 is 2.46 bits per heavy atom. The molecule has 3 N–H and O–H groups in total. The molecule has 1 aromatic carbocycles. The quantitative estimate of drug-likeness (QED) is 0.792. The van der Waals surface area contributed by atoms with Gasteiger partial charge in [-0.15, -0.1) is 11.3 Å². The number of fused-ring (bicyclic) bond motifs is 1. The van der Waals surface area contributed by atoms with E-state index in [1.807, 2.05) is 0 Å². The van der Waals surface area contributed by atoms with E-state index in [9.17, 15) is 9.59 Å². The van der Waals surface area contributed by atoms with Crippen LogP contribution in [-0.4, -0.2) is 29.3 Å². The van der Waals surface area contributed by atoms with E-state index in [1.54, 1.807) is 6.07 Å². The van der Waals surface area contributed by atoms with Crippen molar-refractivity contribution in [1.29, 1.82) is 0 Å². The van der Waals surface area contributed by atoms with Crippen LogP contribution < -0.4 is 11.1 Å². The molecular formula is C18H19Cl2N3O2S. The fraction of sp³-hybridized carbons (Fsp3) is 0.333. The van der Waals surface area contributed by atoms with Crippen molar-refractivity contribution in [3.63, 3.8) is 0 Å². The minimum atomic E-state index is -0.528. The molecule has 2 aromatic rings. The van der Waals surface area contributed by atoms with E-state index in [-0.39, 0.29) is 5.91 Å². The molecule has 5 nitrogen and oxygen atoms in total. The summed E-state index contributed by atoms with van der Waals surface area (Å²) in [4.78, 5) is 28.0. The zero-order chi connectivity index (χ0) is 19.0. The van der Waals surface area contributed by atoms with Crippen molar-refractivity contribution >= 4 is 51.4 Å². The second-order valence-electron chi connectivity index (χ2n) is 6.50. The summed E-state index contributed by atoms with van der Waals surface area (Å²) in [5, 5.41) is 4.03. The molecule has 8 heteroatoms. The standard InChI is InChI=1S/C18H19Cl2N3O2S/c1-9(2)23-4-3-13-14(8-23)26-18(15(13)16(21)24)22-17(25)10-5-11(19)7-12(20)6-10/h5-7,9H,3-4,8H2,1-2H3,(H2,21,24)(H,22,25). The summed E-state index contributed by atoms with van der Waals surface area (Å²) in [7, 11) is 0. The van der Waals surface area contributed by atoms with Crippen LogP contribution in [0.2, 0.25) is 10.0 Å². The van der Waals surface area contributed by atoms with Crippen molar-refractivity contribution < 1.29 is 9.59 Å². The molecule has 1 aliphatic rings. The molecule has 0 fully saturated rings. The highest BCUT2D eigenvalue weighted by molar-refractivity contribution is 7.17. The Balaban J connectivity index is 1.93. The summed E-state index contributed by atoms with van der Waals surface area (Å²) >= 11 is 13.3. The van der Waals surface area contributed by atoms with E-state index in [1.165, 1.54) is 23.5 Å². The van der Waals surface area contributed by atoms with Gasteiger partial charge in [-0.25, -0.2) is 0 Å². The Bertz CT molecular complexity index is 859. The van der Waals surface area contributed by atoms with E-state index >= 15 is 0 Å². The molecular weight excluding hydrogens is 393 g/mol. The minimum Gasteiger partial charge on any atom is -0.365 e. The number of carbonyl (C=O) groups is 2. The summed E-state index contributed by atoms with van der Waals surface area (Å²) in [6.45, 7) is 5.88. The smallest absolute Gasteiger partial charge is 0.256 e. The van der Waals surface area contributed by atoms with Gasteiger partial charge in [0.05, 0.1) is 5.56 Å². The number of anilines is 1. The molecule has 0 radical (unpaired) electrons. The first kappa shape index (κ1) is 19.2. The third-order valence-corrected chi connectivity index (χ3v) is 5.98. The number of halogens is 2. The number of nitrogens with two attached hydrogens (primary N) is 1. The van der Waals surface area contributed by atoms with Gasteiger partial charge in [-0.05, 0) is 44.0 Å². The zero-order valence-electron chi connectivity index (χ0n) is 14.4. The molecule has 0 unspecified atom stereocenters. The van der Waals surface area contributed by atoms with Crippen molar-refractivity contribution in [1.82, 2.24) is 4.90 Å². The first-order chi connectivity index (χ1) is 12.3. The fourth-order valence-electron chi connectivity index (χ4n) is 3.07. The lowest BCUT2D eigenvalue weighted by atomic mass is 10.0. The number of hydrogen-bond acceptors (Lipinski definition) is 4. The Labute approximate surface area is 166 Å².